The summed E-state index contributed by atoms with van der Waals surface area (Å²) >= 11 is 0. The van der Waals surface area contributed by atoms with Crippen LogP contribution in [0.2, 0.25) is 0 Å². The first-order valence-electron chi connectivity index (χ1n) is 7.50. The van der Waals surface area contributed by atoms with Crippen molar-refractivity contribution >= 4 is 23.1 Å². The molecule has 0 amide bonds. The Kier molecular flexibility index (Phi) is 4.38. The number of hydrogen-bond donors (Lipinski definition) is 0. The highest BCUT2D eigenvalue weighted by Gasteiger charge is 2.27. The summed E-state index contributed by atoms with van der Waals surface area (Å²) in [6.45, 7) is 1.71. The molecule has 0 N–H and O–H groups in total. The van der Waals surface area contributed by atoms with Crippen molar-refractivity contribution in [2.75, 3.05) is 32.2 Å². The Morgan fingerprint density at radius 3 is 2.75 bits per heavy atom. The molecule has 1 atom stereocenters. The Morgan fingerprint density at radius 2 is 2.08 bits per heavy atom. The molecule has 2 aromatic rings. The monoisotopic (exact) mass is 327 g/mol. The lowest BCUT2D eigenvalue weighted by molar-refractivity contribution is -0.132. The smallest absolute Gasteiger partial charge is 0.293 e. The SMILES string of the molecule is COc1cc2ncc(C#N)c(N3CCC(OC=O)C3)c2cc1OC. The molecule has 1 aliphatic heterocycles. The minimum Gasteiger partial charge on any atom is -0.493 e. The zero-order valence-corrected chi connectivity index (χ0v) is 13.5. The van der Waals surface area contributed by atoms with Gasteiger partial charge in [-0.1, -0.05) is 0 Å². The number of carbonyl (C=O) groups excluding carboxylic acids is 1. The number of anilines is 1. The van der Waals surface area contributed by atoms with E-state index in [9.17, 15) is 10.1 Å². The number of nitrogens with zero attached hydrogens (tertiary/aromatic N) is 3. The second-order valence-electron chi connectivity index (χ2n) is 5.45. The first-order valence-corrected chi connectivity index (χ1v) is 7.50. The molecule has 1 saturated heterocycles. The van der Waals surface area contributed by atoms with Crippen LogP contribution in [0.3, 0.4) is 0 Å². The van der Waals surface area contributed by atoms with Crippen LogP contribution in [0, 0.1) is 11.3 Å². The number of carbonyl (C=O) groups is 1. The van der Waals surface area contributed by atoms with Gasteiger partial charge in [0.1, 0.15) is 12.2 Å². The predicted molar refractivity (Wildman–Crippen MR) is 87.3 cm³/mol. The lowest BCUT2D eigenvalue weighted by Crippen LogP contribution is -2.23. The zero-order chi connectivity index (χ0) is 17.1. The van der Waals surface area contributed by atoms with Crippen molar-refractivity contribution in [1.29, 1.82) is 5.26 Å². The standard InChI is InChI=1S/C17H17N3O4/c1-22-15-5-13-14(6-16(15)23-2)19-8-11(7-18)17(13)20-4-3-12(9-20)24-10-21/h5-6,8,10,12H,3-4,9H2,1-2H3. The minimum absolute atomic E-state index is 0.169. The third-order valence-electron chi connectivity index (χ3n) is 4.17. The van der Waals surface area contributed by atoms with E-state index in [0.717, 1.165) is 17.5 Å². The van der Waals surface area contributed by atoms with Gasteiger partial charge in [0.2, 0.25) is 0 Å². The molecule has 2 heterocycles. The molecule has 3 rings (SSSR count). The second-order valence-corrected chi connectivity index (χ2v) is 5.45. The summed E-state index contributed by atoms with van der Waals surface area (Å²) in [6.07, 6.45) is 2.11. The Bertz CT molecular complexity index is 816. The van der Waals surface area contributed by atoms with Crippen LogP contribution in [0.1, 0.15) is 12.0 Å². The molecule has 24 heavy (non-hydrogen) atoms. The molecular formula is C17H17N3O4. The van der Waals surface area contributed by atoms with Gasteiger partial charge in [-0.05, 0) is 6.07 Å². The van der Waals surface area contributed by atoms with Crippen LogP contribution in [-0.4, -0.2) is 44.9 Å². The number of nitriles is 1. The van der Waals surface area contributed by atoms with Gasteiger partial charge in [0.05, 0.1) is 37.5 Å². The van der Waals surface area contributed by atoms with Crippen molar-refractivity contribution in [3.05, 3.63) is 23.9 Å². The maximum Gasteiger partial charge on any atom is 0.293 e. The van der Waals surface area contributed by atoms with Gasteiger partial charge in [-0.25, -0.2) is 0 Å². The maximum absolute atomic E-state index is 10.6. The molecule has 0 saturated carbocycles. The van der Waals surface area contributed by atoms with Crippen LogP contribution < -0.4 is 14.4 Å². The summed E-state index contributed by atoms with van der Waals surface area (Å²) in [6, 6.07) is 5.80. The van der Waals surface area contributed by atoms with Crippen LogP contribution in [-0.2, 0) is 9.53 Å². The van der Waals surface area contributed by atoms with E-state index < -0.39 is 0 Å². The van der Waals surface area contributed by atoms with Crippen LogP contribution in [0.5, 0.6) is 11.5 Å². The number of rotatable bonds is 5. The highest BCUT2D eigenvalue weighted by atomic mass is 16.5. The number of methoxy groups -OCH3 is 2. The Hall–Kier alpha value is -3.01. The average Bonchev–Trinajstić information content (AvgIpc) is 3.07. The van der Waals surface area contributed by atoms with Crippen molar-refractivity contribution in [2.45, 2.75) is 12.5 Å². The topological polar surface area (TPSA) is 84.7 Å². The molecule has 1 aromatic carbocycles. The van der Waals surface area contributed by atoms with Crippen LogP contribution in [0.4, 0.5) is 5.69 Å². The molecule has 0 aliphatic carbocycles. The summed E-state index contributed by atoms with van der Waals surface area (Å²) in [5.41, 5.74) is 1.96. The van der Waals surface area contributed by atoms with E-state index in [1.54, 1.807) is 26.5 Å². The number of aromatic nitrogens is 1. The highest BCUT2D eigenvalue weighted by molar-refractivity contribution is 5.96. The summed E-state index contributed by atoms with van der Waals surface area (Å²) in [5, 5.41) is 10.3. The maximum atomic E-state index is 10.6. The van der Waals surface area contributed by atoms with Gasteiger partial charge in [-0.2, -0.15) is 5.26 Å². The van der Waals surface area contributed by atoms with Crippen LogP contribution in [0.15, 0.2) is 18.3 Å². The fourth-order valence-corrected chi connectivity index (χ4v) is 3.05. The van der Waals surface area contributed by atoms with Crippen molar-refractivity contribution in [2.24, 2.45) is 0 Å². The van der Waals surface area contributed by atoms with E-state index in [-0.39, 0.29) is 6.10 Å². The summed E-state index contributed by atoms with van der Waals surface area (Å²) in [5.74, 6) is 1.15. The number of pyridine rings is 1. The van der Waals surface area contributed by atoms with E-state index in [1.807, 2.05) is 11.0 Å². The number of benzene rings is 1. The van der Waals surface area contributed by atoms with Crippen molar-refractivity contribution in [3.8, 4) is 17.6 Å². The second kappa shape index (κ2) is 6.62. The van der Waals surface area contributed by atoms with Gasteiger partial charge in [0, 0.05) is 30.6 Å². The minimum atomic E-state index is -0.169. The van der Waals surface area contributed by atoms with Crippen molar-refractivity contribution in [3.63, 3.8) is 0 Å². The molecular weight excluding hydrogens is 310 g/mol. The highest BCUT2D eigenvalue weighted by Crippen LogP contribution is 2.38. The van der Waals surface area contributed by atoms with Gasteiger partial charge in [-0.15, -0.1) is 0 Å². The van der Waals surface area contributed by atoms with Gasteiger partial charge in [-0.3, -0.25) is 9.78 Å². The summed E-state index contributed by atoms with van der Waals surface area (Å²) < 4.78 is 15.7. The molecule has 7 nitrogen and oxygen atoms in total. The van der Waals surface area contributed by atoms with E-state index in [0.29, 0.717) is 42.1 Å². The normalized spacial score (nSPS) is 16.7. The first kappa shape index (κ1) is 15.9. The van der Waals surface area contributed by atoms with Crippen molar-refractivity contribution < 1.29 is 19.0 Å². The third kappa shape index (κ3) is 2.67. The first-order chi connectivity index (χ1) is 11.7. The van der Waals surface area contributed by atoms with Gasteiger partial charge < -0.3 is 19.1 Å². The van der Waals surface area contributed by atoms with E-state index in [1.165, 1.54) is 0 Å². The number of fused-ring (bicyclic) bond motifs is 1. The Labute approximate surface area is 139 Å². The zero-order valence-electron chi connectivity index (χ0n) is 13.5. The summed E-state index contributed by atoms with van der Waals surface area (Å²) in [4.78, 5) is 17.0. The quantitative estimate of drug-likeness (QED) is 0.775. The molecule has 0 bridgehead atoms. The van der Waals surface area contributed by atoms with E-state index >= 15 is 0 Å². The molecule has 1 aromatic heterocycles. The number of ether oxygens (including phenoxy) is 3. The predicted octanol–water partition coefficient (Wildman–Crippen LogP) is 1.88. The van der Waals surface area contributed by atoms with Crippen molar-refractivity contribution in [1.82, 2.24) is 4.98 Å². The lowest BCUT2D eigenvalue weighted by Gasteiger charge is -2.22. The third-order valence-corrected chi connectivity index (χ3v) is 4.17. The fraction of sp³-hybridized carbons (Fsp3) is 0.353. The molecule has 0 radical (unpaired) electrons. The van der Waals surface area contributed by atoms with Gasteiger partial charge in [0.25, 0.3) is 6.47 Å². The largest absolute Gasteiger partial charge is 0.493 e. The lowest BCUT2D eigenvalue weighted by atomic mass is 10.1. The molecule has 1 aliphatic rings. The number of hydrogen-bond acceptors (Lipinski definition) is 7. The Morgan fingerprint density at radius 1 is 1.33 bits per heavy atom. The van der Waals surface area contributed by atoms with E-state index in [4.69, 9.17) is 14.2 Å². The van der Waals surface area contributed by atoms with Crippen LogP contribution >= 0.6 is 0 Å². The molecule has 124 valence electrons. The van der Waals surface area contributed by atoms with Gasteiger partial charge >= 0.3 is 0 Å². The van der Waals surface area contributed by atoms with Gasteiger partial charge in [0.15, 0.2) is 11.5 Å². The average molecular weight is 327 g/mol. The Balaban J connectivity index is 2.14. The van der Waals surface area contributed by atoms with E-state index in [2.05, 4.69) is 11.1 Å². The molecule has 1 fully saturated rings. The molecule has 1 unspecified atom stereocenters. The molecule has 7 heteroatoms. The van der Waals surface area contributed by atoms with Crippen LogP contribution in [0.25, 0.3) is 10.9 Å². The fourth-order valence-electron chi connectivity index (χ4n) is 3.05. The molecule has 0 spiro atoms. The summed E-state index contributed by atoms with van der Waals surface area (Å²) in [7, 11) is 3.13.